The number of hydrogen-bond acceptors (Lipinski definition) is 7. The van der Waals surface area contributed by atoms with Gasteiger partial charge in [-0.25, -0.2) is 9.59 Å². The molecule has 314 valence electrons. The van der Waals surface area contributed by atoms with Crippen LogP contribution < -0.4 is 15.5 Å². The fourth-order valence-electron chi connectivity index (χ4n) is 8.92. The smallest absolute Gasteiger partial charge is 0.407 e. The summed E-state index contributed by atoms with van der Waals surface area (Å²) in [5.41, 5.74) is 10.0. The van der Waals surface area contributed by atoms with Gasteiger partial charge in [0.1, 0.15) is 12.4 Å². The number of ketones is 1. The van der Waals surface area contributed by atoms with Gasteiger partial charge in [0.25, 0.3) is 0 Å². The Morgan fingerprint density at radius 2 is 1.27 bits per heavy atom. The Morgan fingerprint density at radius 3 is 1.83 bits per heavy atom. The lowest BCUT2D eigenvalue weighted by atomic mass is 9.80. The second-order valence-electron chi connectivity index (χ2n) is 16.6. The molecule has 0 unspecified atom stereocenters. The van der Waals surface area contributed by atoms with Crippen LogP contribution in [0, 0.1) is 27.7 Å². The summed E-state index contributed by atoms with van der Waals surface area (Å²) in [7, 11) is 0. The van der Waals surface area contributed by atoms with Crippen molar-refractivity contribution in [2.45, 2.75) is 104 Å². The molecule has 0 atom stereocenters. The van der Waals surface area contributed by atoms with E-state index in [-0.39, 0.29) is 60.2 Å². The first-order chi connectivity index (χ1) is 29.0. The van der Waals surface area contributed by atoms with E-state index in [1.54, 1.807) is 0 Å². The molecule has 2 amide bonds. The van der Waals surface area contributed by atoms with Crippen molar-refractivity contribution in [3.8, 4) is 0 Å². The van der Waals surface area contributed by atoms with Gasteiger partial charge in [-0.2, -0.15) is 4.58 Å². The number of carbonyl (C=O) groups is 3. The molecule has 3 aromatic carbocycles. The van der Waals surface area contributed by atoms with Crippen LogP contribution in [0.5, 0.6) is 0 Å². The van der Waals surface area contributed by atoms with Crippen molar-refractivity contribution in [3.05, 3.63) is 130 Å². The van der Waals surface area contributed by atoms with Gasteiger partial charge in [-0.05, 0) is 106 Å². The molecule has 0 heterocycles. The number of aryl methyl sites for hydroxylation is 4. The van der Waals surface area contributed by atoms with Crippen molar-refractivity contribution < 1.29 is 33.5 Å². The highest BCUT2D eigenvalue weighted by Crippen LogP contribution is 2.40. The molecule has 60 heavy (non-hydrogen) atoms. The second kappa shape index (κ2) is 19.4. The minimum atomic E-state index is -0.385. The van der Waals surface area contributed by atoms with Crippen LogP contribution in [-0.4, -0.2) is 71.8 Å². The number of amides is 2. The lowest BCUT2D eigenvalue weighted by Crippen LogP contribution is -2.37. The van der Waals surface area contributed by atoms with Crippen molar-refractivity contribution in [1.82, 2.24) is 10.6 Å². The number of nitrogens with one attached hydrogen (secondary N) is 2. The number of hydrogen-bond donors (Lipinski definition) is 3. The van der Waals surface area contributed by atoms with Crippen LogP contribution in [0.3, 0.4) is 0 Å². The van der Waals surface area contributed by atoms with Crippen LogP contribution in [0.25, 0.3) is 5.57 Å². The number of anilines is 2. The van der Waals surface area contributed by atoms with Gasteiger partial charge in [0, 0.05) is 47.2 Å². The fraction of sp³-hybridized carbons (Fsp3) is 0.400. The minimum Gasteiger partial charge on any atom is -0.506 e. The molecular weight excluding hydrogens is 753 g/mol. The van der Waals surface area contributed by atoms with Crippen molar-refractivity contribution >= 4 is 46.3 Å². The number of aliphatic hydroxyl groups excluding tert-OH is 1. The SMILES string of the molecule is Cc1ccc(N(CCOC(=O)NC2CCCCC2)c2ccc(C3=C(O)C(=C4C=CC(=[N+](CCOC(=O)NC5CCCCC5)c5ccc(C)cc5C)C=C4)C3=O)cc2)c(C)c1. The number of nitrogens with zero attached hydrogens (tertiary/aromatic N) is 2. The number of allylic oxidation sites excluding steroid dienone is 7. The van der Waals surface area contributed by atoms with E-state index in [9.17, 15) is 19.5 Å². The zero-order valence-corrected chi connectivity index (χ0v) is 35.5. The zero-order chi connectivity index (χ0) is 42.2. The second-order valence-corrected chi connectivity index (χ2v) is 16.6. The maximum atomic E-state index is 13.7. The third-order valence-electron chi connectivity index (χ3n) is 12.1. The molecule has 0 saturated heterocycles. The zero-order valence-electron chi connectivity index (χ0n) is 35.5. The molecule has 0 aliphatic heterocycles. The maximum absolute atomic E-state index is 13.7. The lowest BCUT2D eigenvalue weighted by molar-refractivity contribution is -0.442. The number of carbonyl (C=O) groups excluding carboxylic acids is 3. The maximum Gasteiger partial charge on any atom is 0.407 e. The standard InChI is InChI=1S/C50H58N4O6/c1-33-15-25-43(35(3)31-33)53(27-29-59-49(57)51-39-11-7-5-8-12-39)41-21-17-37(18-22-41)45-47(55)46(48(45)56)38-19-23-42(24-20-38)54(44-26-16-34(2)32-36(44)4)28-30-60-50(58)52-40-13-9-6-10-14-40/h15-26,31-32,39-40H,5-14,27-30H2,1-4H3,(H2-,51,52,55,56,57,58)/p+1. The number of ether oxygens (including phenoxy) is 2. The summed E-state index contributed by atoms with van der Waals surface area (Å²) in [6.45, 7) is 9.51. The predicted molar refractivity (Wildman–Crippen MR) is 238 cm³/mol. The van der Waals surface area contributed by atoms with E-state index in [1.165, 1.54) is 12.8 Å². The molecule has 10 heteroatoms. The third kappa shape index (κ3) is 10.1. The molecule has 10 nitrogen and oxygen atoms in total. The minimum absolute atomic E-state index is 0.0345. The average molecular weight is 812 g/mol. The Morgan fingerprint density at radius 1 is 0.700 bits per heavy atom. The molecule has 7 rings (SSSR count). The summed E-state index contributed by atoms with van der Waals surface area (Å²) in [4.78, 5) is 41.1. The Hall–Kier alpha value is -5.90. The average Bonchev–Trinajstić information content (AvgIpc) is 3.23. The largest absolute Gasteiger partial charge is 0.506 e. The first kappa shape index (κ1) is 42.2. The first-order valence-corrected chi connectivity index (χ1v) is 21.7. The van der Waals surface area contributed by atoms with Crippen molar-refractivity contribution in [2.75, 3.05) is 31.2 Å². The van der Waals surface area contributed by atoms with Crippen molar-refractivity contribution in [2.24, 2.45) is 0 Å². The van der Waals surface area contributed by atoms with E-state index in [0.717, 1.165) is 96.4 Å². The van der Waals surface area contributed by atoms with Gasteiger partial charge < -0.3 is 30.1 Å². The number of aliphatic hydroxyl groups is 1. The van der Waals surface area contributed by atoms with Crippen LogP contribution >= 0.6 is 0 Å². The highest BCUT2D eigenvalue weighted by Gasteiger charge is 2.37. The van der Waals surface area contributed by atoms with Crippen molar-refractivity contribution in [3.63, 3.8) is 0 Å². The Kier molecular flexibility index (Phi) is 13.7. The van der Waals surface area contributed by atoms with E-state index in [1.807, 2.05) is 48.6 Å². The lowest BCUT2D eigenvalue weighted by Gasteiger charge is -2.28. The number of Topliss-reactive ketones (excluding diaryl/α,β-unsaturated/α-hetero) is 1. The molecule has 2 saturated carbocycles. The summed E-state index contributed by atoms with van der Waals surface area (Å²) in [5, 5.41) is 17.4. The summed E-state index contributed by atoms with van der Waals surface area (Å²) < 4.78 is 13.4. The number of benzene rings is 3. The normalized spacial score (nSPS) is 17.1. The molecule has 0 bridgehead atoms. The van der Waals surface area contributed by atoms with Crippen LogP contribution in [0.1, 0.15) is 92.0 Å². The molecular formula is C50H59N4O6+. The van der Waals surface area contributed by atoms with Crippen LogP contribution in [0.15, 0.2) is 102 Å². The molecule has 0 aromatic heterocycles. The van der Waals surface area contributed by atoms with Gasteiger partial charge in [-0.3, -0.25) is 4.79 Å². The highest BCUT2D eigenvalue weighted by atomic mass is 16.6. The molecule has 4 aliphatic carbocycles. The van der Waals surface area contributed by atoms with E-state index in [2.05, 4.69) is 84.2 Å². The highest BCUT2D eigenvalue weighted by molar-refractivity contribution is 6.39. The van der Waals surface area contributed by atoms with Crippen molar-refractivity contribution in [1.29, 1.82) is 0 Å². The molecule has 3 aromatic rings. The Labute approximate surface area is 354 Å². The molecule has 0 radical (unpaired) electrons. The summed E-state index contributed by atoms with van der Waals surface area (Å²) >= 11 is 0. The number of alkyl carbamates (subject to hydrolysis) is 2. The number of rotatable bonds is 12. The van der Waals surface area contributed by atoms with Gasteiger partial charge >= 0.3 is 12.2 Å². The molecule has 2 fully saturated rings. The van der Waals surface area contributed by atoms with Gasteiger partial charge in [-0.1, -0.05) is 80.0 Å². The van der Waals surface area contributed by atoms with E-state index < -0.39 is 0 Å². The Balaban J connectivity index is 1.06. The van der Waals surface area contributed by atoms with Crippen LogP contribution in [-0.2, 0) is 14.3 Å². The Bertz CT molecular complexity index is 2240. The van der Waals surface area contributed by atoms with Crippen LogP contribution in [0.4, 0.5) is 26.7 Å². The predicted octanol–water partition coefficient (Wildman–Crippen LogP) is 10.2. The topological polar surface area (TPSA) is 120 Å². The molecule has 0 spiro atoms. The van der Waals surface area contributed by atoms with E-state index >= 15 is 0 Å². The van der Waals surface area contributed by atoms with E-state index in [0.29, 0.717) is 24.2 Å². The third-order valence-corrected chi connectivity index (χ3v) is 12.1. The van der Waals surface area contributed by atoms with Gasteiger partial charge in [0.15, 0.2) is 13.2 Å². The van der Waals surface area contributed by atoms with Gasteiger partial charge in [0.05, 0.1) is 17.7 Å². The summed E-state index contributed by atoms with van der Waals surface area (Å²) in [6.07, 6.45) is 17.7. The molecule has 4 aliphatic rings. The van der Waals surface area contributed by atoms with Crippen LogP contribution in [0.2, 0.25) is 0 Å². The first-order valence-electron chi connectivity index (χ1n) is 21.7. The fourth-order valence-corrected chi connectivity index (χ4v) is 8.92. The molecule has 3 N–H and O–H groups in total. The van der Waals surface area contributed by atoms with E-state index in [4.69, 9.17) is 9.47 Å². The summed E-state index contributed by atoms with van der Waals surface area (Å²) in [5.74, 6) is -0.257. The van der Waals surface area contributed by atoms with Gasteiger partial charge in [0.2, 0.25) is 17.2 Å². The monoisotopic (exact) mass is 811 g/mol. The van der Waals surface area contributed by atoms with Gasteiger partial charge in [-0.15, -0.1) is 0 Å². The quantitative estimate of drug-likeness (QED) is 0.123. The summed E-state index contributed by atoms with van der Waals surface area (Å²) in [6, 6.07) is 20.4.